The highest BCUT2D eigenvalue weighted by Gasteiger charge is 2.40. The summed E-state index contributed by atoms with van der Waals surface area (Å²) in [7, 11) is 1.78. The molecule has 1 saturated heterocycles. The molecule has 4 heterocycles. The van der Waals surface area contributed by atoms with Gasteiger partial charge in [0.2, 0.25) is 0 Å². The molecule has 2 unspecified atom stereocenters. The zero-order chi connectivity index (χ0) is 29.4. The molecule has 6 rings (SSSR count). The summed E-state index contributed by atoms with van der Waals surface area (Å²) in [6.45, 7) is 5.14. The van der Waals surface area contributed by atoms with Crippen molar-refractivity contribution >= 4 is 45.4 Å². The molecule has 2 aliphatic rings. The number of rotatable bonds is 8. The van der Waals surface area contributed by atoms with Crippen molar-refractivity contribution in [1.82, 2.24) is 19.9 Å². The number of hydrogen-bond donors (Lipinski definition) is 3. The van der Waals surface area contributed by atoms with E-state index in [1.807, 2.05) is 55.5 Å². The highest BCUT2D eigenvalue weighted by Crippen LogP contribution is 2.39. The molecule has 0 spiro atoms. The summed E-state index contributed by atoms with van der Waals surface area (Å²) in [6.07, 6.45) is 5.71. The zero-order valence-electron chi connectivity index (χ0n) is 23.2. The normalized spacial score (nSPS) is 17.5. The van der Waals surface area contributed by atoms with Gasteiger partial charge in [-0.2, -0.15) is 5.11 Å². The maximum Gasteiger partial charge on any atom is 0.282 e. The topological polar surface area (TPSA) is 128 Å². The second-order valence-corrected chi connectivity index (χ2v) is 10.3. The first kappa shape index (κ1) is 27.0. The van der Waals surface area contributed by atoms with Crippen molar-refractivity contribution in [2.45, 2.75) is 38.3 Å². The van der Waals surface area contributed by atoms with Crippen molar-refractivity contribution in [3.8, 4) is 11.5 Å². The van der Waals surface area contributed by atoms with E-state index in [9.17, 15) is 9.18 Å². The number of anilines is 3. The van der Waals surface area contributed by atoms with Gasteiger partial charge < -0.3 is 20.3 Å². The molecule has 212 valence electrons. The van der Waals surface area contributed by atoms with Gasteiger partial charge in [-0.1, -0.05) is 12.7 Å². The van der Waals surface area contributed by atoms with Gasteiger partial charge in [-0.15, -0.1) is 0 Å². The Morgan fingerprint density at radius 3 is 2.76 bits per heavy atom. The van der Waals surface area contributed by atoms with E-state index in [0.29, 0.717) is 40.5 Å². The molecule has 10 nitrogen and oxygen atoms in total. The Balaban J connectivity index is 1.24. The van der Waals surface area contributed by atoms with Gasteiger partial charge in [0.05, 0.1) is 22.9 Å². The number of fused-ring (bicyclic) bond motifs is 3. The summed E-state index contributed by atoms with van der Waals surface area (Å²) in [6, 6.07) is 14.7. The summed E-state index contributed by atoms with van der Waals surface area (Å²) >= 11 is 0. The van der Waals surface area contributed by atoms with E-state index in [4.69, 9.17) is 15.3 Å². The molecule has 2 aromatic heterocycles. The van der Waals surface area contributed by atoms with Gasteiger partial charge in [0.1, 0.15) is 29.0 Å². The molecular formula is C31H29FN8O2. The van der Waals surface area contributed by atoms with Crippen LogP contribution in [0.15, 0.2) is 78.5 Å². The highest BCUT2D eigenvalue weighted by atomic mass is 19.1. The number of benzene rings is 2. The van der Waals surface area contributed by atoms with Gasteiger partial charge in [-0.3, -0.25) is 4.79 Å². The third-order valence-corrected chi connectivity index (χ3v) is 7.70. The number of nitrogens with one attached hydrogen (secondary N) is 3. The molecule has 0 aliphatic carbocycles. The lowest BCUT2D eigenvalue weighted by Gasteiger charge is -2.33. The van der Waals surface area contributed by atoms with Crippen molar-refractivity contribution in [2.75, 3.05) is 17.7 Å². The summed E-state index contributed by atoms with van der Waals surface area (Å²) in [4.78, 5) is 27.7. The van der Waals surface area contributed by atoms with Crippen LogP contribution in [0.1, 0.15) is 30.5 Å². The molecular weight excluding hydrogens is 535 g/mol. The summed E-state index contributed by atoms with van der Waals surface area (Å²) in [5.74, 6) is 0.256. The number of hydrogen-bond acceptors (Lipinski definition) is 9. The fourth-order valence-electron chi connectivity index (χ4n) is 5.67. The number of amides is 1. The molecule has 2 bridgehead atoms. The van der Waals surface area contributed by atoms with Crippen molar-refractivity contribution in [2.24, 2.45) is 5.11 Å². The van der Waals surface area contributed by atoms with E-state index in [0.717, 1.165) is 41.0 Å². The monoisotopic (exact) mass is 564 g/mol. The smallest absolute Gasteiger partial charge is 0.282 e. The van der Waals surface area contributed by atoms with Crippen LogP contribution in [0.5, 0.6) is 11.5 Å². The molecule has 1 amide bonds. The van der Waals surface area contributed by atoms with Crippen LogP contribution in [0.4, 0.5) is 27.3 Å². The Kier molecular flexibility index (Phi) is 7.07. The maximum atomic E-state index is 13.6. The number of nitrogens with zero attached hydrogens (tertiary/aromatic N) is 5. The van der Waals surface area contributed by atoms with Crippen molar-refractivity contribution in [1.29, 1.82) is 5.53 Å². The molecule has 2 aliphatic heterocycles. The van der Waals surface area contributed by atoms with Crippen molar-refractivity contribution in [3.05, 3.63) is 84.6 Å². The number of carbonyl (C=O) groups is 1. The minimum atomic E-state index is -0.923. The summed E-state index contributed by atoms with van der Waals surface area (Å²) < 4.78 is 19.7. The standard InChI is InChI=1S/C31H29FN8O2/c1-17-12-20(4-11-28(17)42-23-7-8-25(34-3)27(15-23)39-33)37-30-29-26(35-16-36-30)10-9-24(38-29)19-13-21-5-6-22(14-19)40(21)31(41)18(2)32/h4,7-13,15-16,21-22,33-34H,2,5-6,14H2,1,3H3,(H,35,36,37). The highest BCUT2D eigenvalue weighted by molar-refractivity contribution is 5.93. The molecule has 0 radical (unpaired) electrons. The predicted molar refractivity (Wildman–Crippen MR) is 159 cm³/mol. The minimum absolute atomic E-state index is 0.0740. The fraction of sp³-hybridized carbons (Fsp3) is 0.226. The first-order valence-electron chi connectivity index (χ1n) is 13.6. The van der Waals surface area contributed by atoms with Gasteiger partial charge in [0.25, 0.3) is 5.91 Å². The average molecular weight is 565 g/mol. The lowest BCUT2D eigenvalue weighted by Crippen LogP contribution is -2.43. The fourth-order valence-corrected chi connectivity index (χ4v) is 5.67. The van der Waals surface area contributed by atoms with Crippen LogP contribution >= 0.6 is 0 Å². The van der Waals surface area contributed by atoms with E-state index in [-0.39, 0.29) is 12.1 Å². The number of ether oxygens (including phenoxy) is 1. The number of carbonyl (C=O) groups excluding carboxylic acids is 1. The minimum Gasteiger partial charge on any atom is -0.457 e. The Bertz CT molecular complexity index is 1770. The van der Waals surface area contributed by atoms with E-state index in [1.54, 1.807) is 18.0 Å². The molecule has 11 heteroatoms. The molecule has 1 fully saturated rings. The third kappa shape index (κ3) is 5.05. The molecule has 4 aromatic rings. The van der Waals surface area contributed by atoms with Crippen LogP contribution in [0.3, 0.4) is 0 Å². The largest absolute Gasteiger partial charge is 0.457 e. The lowest BCUT2D eigenvalue weighted by atomic mass is 9.97. The Morgan fingerprint density at radius 2 is 2.02 bits per heavy atom. The van der Waals surface area contributed by atoms with Crippen LogP contribution in [0.2, 0.25) is 0 Å². The van der Waals surface area contributed by atoms with E-state index in [2.05, 4.69) is 32.3 Å². The third-order valence-electron chi connectivity index (χ3n) is 7.70. The van der Waals surface area contributed by atoms with Crippen LogP contribution in [-0.4, -0.2) is 44.9 Å². The molecule has 2 atom stereocenters. The van der Waals surface area contributed by atoms with Crippen molar-refractivity contribution < 1.29 is 13.9 Å². The molecule has 0 saturated carbocycles. The number of aryl methyl sites for hydroxylation is 1. The van der Waals surface area contributed by atoms with Gasteiger partial charge in [-0.25, -0.2) is 24.9 Å². The van der Waals surface area contributed by atoms with Crippen LogP contribution in [0.25, 0.3) is 16.6 Å². The van der Waals surface area contributed by atoms with Crippen LogP contribution in [0, 0.1) is 12.5 Å². The summed E-state index contributed by atoms with van der Waals surface area (Å²) in [5, 5.41) is 9.93. The lowest BCUT2D eigenvalue weighted by molar-refractivity contribution is -0.130. The Hall–Kier alpha value is -5.19. The average Bonchev–Trinajstić information content (AvgIpc) is 3.26. The summed E-state index contributed by atoms with van der Waals surface area (Å²) in [5.41, 5.74) is 13.4. The first-order chi connectivity index (χ1) is 20.3. The SMILES string of the molecule is C=C(F)C(=O)N1C2C=C(c3ccc4ncnc(Nc5ccc(Oc6ccc(NC)c(N=N)c6)c(C)c5)c4n3)CC1CC2. The van der Waals surface area contributed by atoms with Crippen molar-refractivity contribution in [3.63, 3.8) is 0 Å². The van der Waals surface area contributed by atoms with E-state index in [1.165, 1.54) is 6.33 Å². The van der Waals surface area contributed by atoms with Gasteiger partial charge in [0, 0.05) is 24.8 Å². The second-order valence-electron chi connectivity index (χ2n) is 10.3. The van der Waals surface area contributed by atoms with Gasteiger partial charge in [0.15, 0.2) is 11.6 Å². The van der Waals surface area contributed by atoms with E-state index < -0.39 is 11.7 Å². The van der Waals surface area contributed by atoms with Crippen LogP contribution < -0.4 is 15.4 Å². The first-order valence-corrected chi connectivity index (χ1v) is 13.6. The Labute approximate surface area is 241 Å². The van der Waals surface area contributed by atoms with Gasteiger partial charge >= 0.3 is 0 Å². The van der Waals surface area contributed by atoms with Gasteiger partial charge in [-0.05, 0) is 79.8 Å². The molecule has 2 aromatic carbocycles. The number of aromatic nitrogens is 3. The molecule has 42 heavy (non-hydrogen) atoms. The quantitative estimate of drug-likeness (QED) is 0.152. The predicted octanol–water partition coefficient (Wildman–Crippen LogP) is 7.20. The zero-order valence-corrected chi connectivity index (χ0v) is 23.2. The Morgan fingerprint density at radius 1 is 1.17 bits per heavy atom. The number of pyridine rings is 1. The number of halogens is 1. The maximum absolute atomic E-state index is 13.6. The molecule has 3 N–H and O–H groups in total. The second kappa shape index (κ2) is 11.0. The van der Waals surface area contributed by atoms with E-state index >= 15 is 0 Å². The van der Waals surface area contributed by atoms with Crippen LogP contribution in [-0.2, 0) is 4.79 Å².